The maximum Gasteiger partial charge on any atom is 0.208 e. The van der Waals surface area contributed by atoms with E-state index in [1.54, 1.807) is 11.8 Å². The third-order valence-electron chi connectivity index (χ3n) is 3.06. The number of ether oxygens (including phenoxy) is 1. The Hall–Kier alpha value is -0.830. The van der Waals surface area contributed by atoms with Crippen LogP contribution in [0.5, 0.6) is 5.75 Å². The fourth-order valence-corrected chi connectivity index (χ4v) is 4.05. The lowest BCUT2D eigenvalue weighted by Crippen LogP contribution is -2.01. The van der Waals surface area contributed by atoms with Gasteiger partial charge in [-0.25, -0.2) is 4.98 Å². The Kier molecular flexibility index (Phi) is 6.37. The summed E-state index contributed by atoms with van der Waals surface area (Å²) in [5.74, 6) is 2.33. The summed E-state index contributed by atoms with van der Waals surface area (Å²) >= 11 is 11.9. The van der Waals surface area contributed by atoms with Gasteiger partial charge in [-0.05, 0) is 56.1 Å². The summed E-state index contributed by atoms with van der Waals surface area (Å²) in [6.45, 7) is 0.564. The number of halogens is 3. The molecular formula is C16H12Br3N3OS. The lowest BCUT2D eigenvalue weighted by molar-refractivity contribution is 0.339. The van der Waals surface area contributed by atoms with Crippen LogP contribution >= 0.6 is 59.6 Å². The van der Waals surface area contributed by atoms with E-state index in [9.17, 15) is 0 Å². The van der Waals surface area contributed by atoms with Gasteiger partial charge in [0.05, 0.1) is 15.6 Å². The molecule has 0 aliphatic heterocycles. The van der Waals surface area contributed by atoms with Gasteiger partial charge < -0.3 is 4.74 Å². The van der Waals surface area contributed by atoms with Gasteiger partial charge in [-0.1, -0.05) is 45.9 Å². The predicted molar refractivity (Wildman–Crippen MR) is 108 cm³/mol. The van der Waals surface area contributed by atoms with E-state index in [1.807, 2.05) is 42.5 Å². The molecule has 8 heteroatoms. The quantitative estimate of drug-likeness (QED) is 0.315. The van der Waals surface area contributed by atoms with Gasteiger partial charge in [0.2, 0.25) is 5.16 Å². The number of thioether (sulfide) groups is 1. The van der Waals surface area contributed by atoms with Crippen molar-refractivity contribution >= 4 is 59.6 Å². The number of nitrogens with zero attached hydrogens (tertiary/aromatic N) is 2. The molecule has 0 atom stereocenters. The summed E-state index contributed by atoms with van der Waals surface area (Å²) in [5, 5.41) is 7.91. The largest absolute Gasteiger partial charge is 0.490 e. The van der Waals surface area contributed by atoms with E-state index < -0.39 is 0 Å². The molecule has 3 rings (SSSR count). The van der Waals surface area contributed by atoms with E-state index in [0.717, 1.165) is 36.3 Å². The number of rotatable bonds is 6. The smallest absolute Gasteiger partial charge is 0.208 e. The van der Waals surface area contributed by atoms with Crippen molar-refractivity contribution < 1.29 is 4.74 Å². The highest BCUT2D eigenvalue weighted by Crippen LogP contribution is 2.33. The van der Waals surface area contributed by atoms with Crippen LogP contribution in [0.2, 0.25) is 0 Å². The van der Waals surface area contributed by atoms with Gasteiger partial charge in [-0.2, -0.15) is 0 Å². The molecule has 1 aromatic heterocycles. The van der Waals surface area contributed by atoms with Crippen LogP contribution in [0, 0.1) is 0 Å². The zero-order valence-corrected chi connectivity index (χ0v) is 17.9. The molecule has 1 N–H and O–H groups in total. The van der Waals surface area contributed by atoms with Gasteiger partial charge >= 0.3 is 0 Å². The standard InChI is InChI=1S/C16H12Br3N3OS/c17-11-6-4-10(5-7-11)15-20-16(22-21-15)24-9-8-23-14-12(18)2-1-3-13(14)19/h1-7H,8-9H2,(H,20,21,22). The lowest BCUT2D eigenvalue weighted by Gasteiger charge is -2.09. The molecular weight excluding hydrogens is 522 g/mol. The Morgan fingerprint density at radius 1 is 1.00 bits per heavy atom. The van der Waals surface area contributed by atoms with Gasteiger partial charge in [-0.3, -0.25) is 5.10 Å². The zero-order chi connectivity index (χ0) is 16.9. The molecule has 1 heterocycles. The molecule has 24 heavy (non-hydrogen) atoms. The Morgan fingerprint density at radius 3 is 2.42 bits per heavy atom. The molecule has 0 radical (unpaired) electrons. The molecule has 0 saturated carbocycles. The molecule has 0 spiro atoms. The highest BCUT2D eigenvalue weighted by Gasteiger charge is 2.08. The average Bonchev–Trinajstić information content (AvgIpc) is 3.03. The van der Waals surface area contributed by atoms with Crippen molar-refractivity contribution in [3.8, 4) is 17.1 Å². The molecule has 2 aromatic carbocycles. The van der Waals surface area contributed by atoms with Gasteiger partial charge in [0.15, 0.2) is 5.82 Å². The van der Waals surface area contributed by atoms with E-state index in [2.05, 4.69) is 63.0 Å². The molecule has 124 valence electrons. The zero-order valence-electron chi connectivity index (χ0n) is 12.3. The average molecular weight is 534 g/mol. The van der Waals surface area contributed by atoms with Gasteiger partial charge in [-0.15, -0.1) is 5.10 Å². The minimum Gasteiger partial charge on any atom is -0.490 e. The number of aromatic nitrogens is 3. The van der Waals surface area contributed by atoms with Gasteiger partial charge in [0, 0.05) is 15.8 Å². The highest BCUT2D eigenvalue weighted by molar-refractivity contribution is 9.11. The van der Waals surface area contributed by atoms with Crippen molar-refractivity contribution in [3.05, 3.63) is 55.9 Å². The highest BCUT2D eigenvalue weighted by atomic mass is 79.9. The van der Waals surface area contributed by atoms with E-state index >= 15 is 0 Å². The summed E-state index contributed by atoms with van der Waals surface area (Å²) in [6, 6.07) is 13.8. The van der Waals surface area contributed by atoms with Crippen molar-refractivity contribution in [2.45, 2.75) is 5.16 Å². The molecule has 4 nitrogen and oxygen atoms in total. The monoisotopic (exact) mass is 531 g/mol. The van der Waals surface area contributed by atoms with Crippen LogP contribution in [0.4, 0.5) is 0 Å². The van der Waals surface area contributed by atoms with Crippen molar-refractivity contribution in [1.29, 1.82) is 0 Å². The minimum absolute atomic E-state index is 0.564. The Balaban J connectivity index is 1.53. The number of aromatic amines is 1. The second-order valence-electron chi connectivity index (χ2n) is 4.72. The molecule has 0 aliphatic carbocycles. The fourth-order valence-electron chi connectivity index (χ4n) is 1.94. The van der Waals surface area contributed by atoms with Crippen LogP contribution in [0.3, 0.4) is 0 Å². The van der Waals surface area contributed by atoms with Crippen LogP contribution in [0.1, 0.15) is 0 Å². The summed E-state index contributed by atoms with van der Waals surface area (Å²) in [4.78, 5) is 4.50. The first-order chi connectivity index (χ1) is 11.6. The summed E-state index contributed by atoms with van der Waals surface area (Å²) in [7, 11) is 0. The van der Waals surface area contributed by atoms with Crippen LogP contribution in [-0.2, 0) is 0 Å². The van der Waals surface area contributed by atoms with Crippen molar-refractivity contribution in [2.24, 2.45) is 0 Å². The predicted octanol–water partition coefficient (Wildman–Crippen LogP) is 5.93. The number of hydrogen-bond donors (Lipinski definition) is 1. The lowest BCUT2D eigenvalue weighted by atomic mass is 10.2. The number of nitrogens with one attached hydrogen (secondary N) is 1. The molecule has 0 fully saturated rings. The first kappa shape index (κ1) is 18.0. The first-order valence-corrected chi connectivity index (χ1v) is 10.4. The number of para-hydroxylation sites is 1. The molecule has 0 bridgehead atoms. The maximum absolute atomic E-state index is 5.81. The van der Waals surface area contributed by atoms with Gasteiger partial charge in [0.25, 0.3) is 0 Å². The maximum atomic E-state index is 5.81. The molecule has 3 aromatic rings. The molecule has 0 amide bonds. The molecule has 0 aliphatic rings. The third-order valence-corrected chi connectivity index (χ3v) is 5.65. The molecule has 0 unspecified atom stereocenters. The second kappa shape index (κ2) is 8.51. The van der Waals surface area contributed by atoms with Crippen LogP contribution in [0.15, 0.2) is 61.0 Å². The first-order valence-electron chi connectivity index (χ1n) is 7.01. The van der Waals surface area contributed by atoms with Crippen LogP contribution < -0.4 is 4.74 Å². The van der Waals surface area contributed by atoms with Crippen LogP contribution in [0.25, 0.3) is 11.4 Å². The minimum atomic E-state index is 0.564. The Bertz CT molecular complexity index is 803. The van der Waals surface area contributed by atoms with E-state index in [4.69, 9.17) is 4.74 Å². The van der Waals surface area contributed by atoms with Crippen molar-refractivity contribution in [3.63, 3.8) is 0 Å². The summed E-state index contributed by atoms with van der Waals surface area (Å²) < 4.78 is 8.70. The van der Waals surface area contributed by atoms with Gasteiger partial charge in [0.1, 0.15) is 5.75 Å². The second-order valence-corrected chi connectivity index (χ2v) is 8.41. The number of H-pyrrole nitrogens is 1. The van der Waals surface area contributed by atoms with E-state index in [-0.39, 0.29) is 0 Å². The normalized spacial score (nSPS) is 10.8. The number of benzene rings is 2. The summed E-state index contributed by atoms with van der Waals surface area (Å²) in [5.41, 5.74) is 1.01. The summed E-state index contributed by atoms with van der Waals surface area (Å²) in [6.07, 6.45) is 0. The Labute approximate surface area is 169 Å². The number of hydrogen-bond acceptors (Lipinski definition) is 4. The SMILES string of the molecule is Brc1ccc(-c2nc(SCCOc3c(Br)cccc3Br)n[nH]2)cc1. The Morgan fingerprint density at radius 2 is 1.71 bits per heavy atom. The van der Waals surface area contributed by atoms with Crippen molar-refractivity contribution in [1.82, 2.24) is 15.2 Å². The fraction of sp³-hybridized carbons (Fsp3) is 0.125. The van der Waals surface area contributed by atoms with E-state index in [0.29, 0.717) is 11.8 Å². The van der Waals surface area contributed by atoms with E-state index in [1.165, 1.54) is 0 Å². The third kappa shape index (κ3) is 4.62. The topological polar surface area (TPSA) is 50.8 Å². The van der Waals surface area contributed by atoms with Crippen LogP contribution in [-0.4, -0.2) is 27.5 Å². The van der Waals surface area contributed by atoms with Crippen molar-refractivity contribution in [2.75, 3.05) is 12.4 Å². The molecule has 0 saturated heterocycles.